The van der Waals surface area contributed by atoms with Gasteiger partial charge in [0.05, 0.1) is 22.8 Å². The van der Waals surface area contributed by atoms with E-state index < -0.39 is 0 Å². The van der Waals surface area contributed by atoms with Crippen LogP contribution in [-0.2, 0) is 13.0 Å². The van der Waals surface area contributed by atoms with Gasteiger partial charge < -0.3 is 9.88 Å². The van der Waals surface area contributed by atoms with Crippen molar-refractivity contribution in [2.75, 3.05) is 6.54 Å². The van der Waals surface area contributed by atoms with E-state index in [9.17, 15) is 9.59 Å². The molecule has 7 heteroatoms. The summed E-state index contributed by atoms with van der Waals surface area (Å²) in [5.74, 6) is -0.0839. The first-order valence-electron chi connectivity index (χ1n) is 8.66. The summed E-state index contributed by atoms with van der Waals surface area (Å²) in [6.45, 7) is 0.786. The maximum atomic E-state index is 13.0. The number of nitrogens with zero attached hydrogens (tertiary/aromatic N) is 3. The van der Waals surface area contributed by atoms with Gasteiger partial charge in [-0.15, -0.1) is 0 Å². The van der Waals surface area contributed by atoms with Crippen LogP contribution < -0.4 is 5.56 Å². The number of hydrogen-bond acceptors (Lipinski definition) is 3. The predicted molar refractivity (Wildman–Crippen MR) is 103 cm³/mol. The first kappa shape index (κ1) is 16.1. The van der Waals surface area contributed by atoms with E-state index >= 15 is 0 Å². The second kappa shape index (κ2) is 5.96. The number of pyridine rings is 1. The summed E-state index contributed by atoms with van der Waals surface area (Å²) in [6.07, 6.45) is 3.97. The van der Waals surface area contributed by atoms with Crippen LogP contribution in [0.15, 0.2) is 53.6 Å². The summed E-state index contributed by atoms with van der Waals surface area (Å²) in [7, 11) is 0. The Morgan fingerprint density at radius 1 is 1.19 bits per heavy atom. The fraction of sp³-hybridized carbons (Fsp3) is 0.150. The van der Waals surface area contributed by atoms with Crippen LogP contribution in [0.25, 0.3) is 16.6 Å². The summed E-state index contributed by atoms with van der Waals surface area (Å²) in [5, 5.41) is 1.45. The van der Waals surface area contributed by atoms with Crippen LogP contribution in [0.3, 0.4) is 0 Å². The summed E-state index contributed by atoms with van der Waals surface area (Å²) in [6, 6.07) is 11.0. The quantitative estimate of drug-likeness (QED) is 0.553. The lowest BCUT2D eigenvalue weighted by molar-refractivity contribution is 0.0733. The molecule has 0 fully saturated rings. The number of hydrogen-bond donors (Lipinski definition) is 1. The molecule has 3 aromatic heterocycles. The van der Waals surface area contributed by atoms with Crippen LogP contribution in [0.4, 0.5) is 0 Å². The van der Waals surface area contributed by atoms with Crippen molar-refractivity contribution in [1.82, 2.24) is 19.3 Å². The van der Waals surface area contributed by atoms with Crippen LogP contribution in [-0.4, -0.2) is 31.7 Å². The zero-order valence-corrected chi connectivity index (χ0v) is 15.0. The van der Waals surface area contributed by atoms with E-state index in [2.05, 4.69) is 9.97 Å². The first-order valence-corrected chi connectivity index (χ1v) is 9.04. The molecule has 1 aliphatic rings. The van der Waals surface area contributed by atoms with E-state index in [1.807, 2.05) is 30.5 Å². The molecule has 4 aromatic rings. The van der Waals surface area contributed by atoms with E-state index in [-0.39, 0.29) is 18.0 Å². The highest BCUT2D eigenvalue weighted by atomic mass is 35.5. The average Bonchev–Trinajstić information content (AvgIpc) is 3.16. The molecule has 0 unspecified atom stereocenters. The molecular weight excluding hydrogens is 364 g/mol. The van der Waals surface area contributed by atoms with Crippen molar-refractivity contribution in [3.63, 3.8) is 0 Å². The van der Waals surface area contributed by atoms with Gasteiger partial charge in [0.2, 0.25) is 0 Å². The third kappa shape index (κ3) is 2.61. The van der Waals surface area contributed by atoms with Gasteiger partial charge in [-0.25, -0.2) is 4.98 Å². The lowest BCUT2D eigenvalue weighted by Gasteiger charge is -2.28. The Bertz CT molecular complexity index is 1270. The van der Waals surface area contributed by atoms with Crippen LogP contribution in [0.1, 0.15) is 21.6 Å². The normalized spacial score (nSPS) is 13.9. The Labute approximate surface area is 159 Å². The molecule has 134 valence electrons. The number of H-pyrrole nitrogens is 1. The zero-order valence-electron chi connectivity index (χ0n) is 14.3. The Kier molecular flexibility index (Phi) is 3.55. The molecule has 1 N–H and O–H groups in total. The number of carbonyl (C=O) groups is 1. The Morgan fingerprint density at radius 2 is 2.07 bits per heavy atom. The fourth-order valence-electron chi connectivity index (χ4n) is 3.61. The van der Waals surface area contributed by atoms with Gasteiger partial charge in [0.25, 0.3) is 11.5 Å². The molecule has 6 nitrogen and oxygen atoms in total. The van der Waals surface area contributed by atoms with E-state index in [0.29, 0.717) is 34.8 Å². The van der Waals surface area contributed by atoms with Crippen LogP contribution >= 0.6 is 11.6 Å². The monoisotopic (exact) mass is 378 g/mol. The highest BCUT2D eigenvalue weighted by molar-refractivity contribution is 6.30. The van der Waals surface area contributed by atoms with Gasteiger partial charge in [0.1, 0.15) is 5.65 Å². The number of nitrogens with one attached hydrogen (secondary N) is 1. The average molecular weight is 379 g/mol. The number of carbonyl (C=O) groups excluding carboxylic acids is 1. The van der Waals surface area contributed by atoms with E-state index in [1.165, 1.54) is 4.40 Å². The van der Waals surface area contributed by atoms with Gasteiger partial charge in [0.15, 0.2) is 0 Å². The molecule has 0 aliphatic carbocycles. The largest absolute Gasteiger partial charge is 0.361 e. The zero-order chi connectivity index (χ0) is 18.5. The van der Waals surface area contributed by atoms with Crippen molar-refractivity contribution in [1.29, 1.82) is 0 Å². The van der Waals surface area contributed by atoms with Crippen LogP contribution in [0, 0.1) is 0 Å². The second-order valence-corrected chi connectivity index (χ2v) is 7.11. The molecule has 1 aliphatic heterocycles. The van der Waals surface area contributed by atoms with Crippen molar-refractivity contribution >= 4 is 34.1 Å². The lowest BCUT2D eigenvalue weighted by Crippen LogP contribution is -2.40. The predicted octanol–water partition coefficient (Wildman–Crippen LogP) is 3.03. The first-order chi connectivity index (χ1) is 13.1. The van der Waals surface area contributed by atoms with Gasteiger partial charge in [0, 0.05) is 41.8 Å². The van der Waals surface area contributed by atoms with E-state index in [4.69, 9.17) is 11.6 Å². The molecule has 5 rings (SSSR count). The van der Waals surface area contributed by atoms with E-state index in [1.54, 1.807) is 23.2 Å². The fourth-order valence-corrected chi connectivity index (χ4v) is 3.77. The molecule has 0 spiro atoms. The van der Waals surface area contributed by atoms with Crippen molar-refractivity contribution < 1.29 is 4.79 Å². The number of fused-ring (bicyclic) bond motifs is 3. The lowest BCUT2D eigenvalue weighted by atomic mass is 10.0. The number of rotatable bonds is 1. The number of aromatic nitrogens is 3. The number of halogens is 1. The summed E-state index contributed by atoms with van der Waals surface area (Å²) in [5.41, 5.74) is 3.31. The number of amides is 1. The maximum absolute atomic E-state index is 13.0. The smallest absolute Gasteiger partial charge is 0.263 e. The van der Waals surface area contributed by atoms with E-state index in [0.717, 1.165) is 16.6 Å². The standard InChI is InChI=1S/C20H15ClN4O2/c21-14-2-4-18-23-17-6-8-24(11-15(17)20(27)25(18)10-14)19(26)13-1-3-16-12(9-13)5-7-22-16/h1-5,7,9-10,22H,6,8,11H2. The van der Waals surface area contributed by atoms with Gasteiger partial charge in [-0.3, -0.25) is 14.0 Å². The van der Waals surface area contributed by atoms with Gasteiger partial charge >= 0.3 is 0 Å². The number of benzene rings is 1. The second-order valence-electron chi connectivity index (χ2n) is 6.67. The summed E-state index contributed by atoms with van der Waals surface area (Å²) in [4.78, 5) is 35.3. The Morgan fingerprint density at radius 3 is 2.96 bits per heavy atom. The minimum absolute atomic E-state index is 0.0839. The molecule has 1 amide bonds. The highest BCUT2D eigenvalue weighted by Crippen LogP contribution is 2.20. The van der Waals surface area contributed by atoms with Gasteiger partial charge in [-0.1, -0.05) is 11.6 Å². The molecule has 0 radical (unpaired) electrons. The third-order valence-electron chi connectivity index (χ3n) is 5.02. The SMILES string of the molecule is O=C(c1ccc2[nH]ccc2c1)N1CCc2nc3ccc(Cl)cn3c(=O)c2C1. The van der Waals surface area contributed by atoms with Gasteiger partial charge in [-0.05, 0) is 36.4 Å². The maximum Gasteiger partial charge on any atom is 0.263 e. The molecule has 4 heterocycles. The Hall–Kier alpha value is -3.12. The molecular formula is C20H15ClN4O2. The van der Waals surface area contributed by atoms with Gasteiger partial charge in [-0.2, -0.15) is 0 Å². The van der Waals surface area contributed by atoms with Crippen molar-refractivity contribution in [3.05, 3.63) is 81.0 Å². The highest BCUT2D eigenvalue weighted by Gasteiger charge is 2.26. The Balaban J connectivity index is 1.53. The molecule has 0 atom stereocenters. The molecule has 1 aromatic carbocycles. The molecule has 0 saturated carbocycles. The molecule has 0 saturated heterocycles. The van der Waals surface area contributed by atoms with Crippen molar-refractivity contribution in [2.24, 2.45) is 0 Å². The van der Waals surface area contributed by atoms with Crippen LogP contribution in [0.5, 0.6) is 0 Å². The topological polar surface area (TPSA) is 70.5 Å². The van der Waals surface area contributed by atoms with Crippen molar-refractivity contribution in [2.45, 2.75) is 13.0 Å². The molecule has 27 heavy (non-hydrogen) atoms. The molecule has 0 bridgehead atoms. The minimum atomic E-state index is -0.170. The number of aromatic amines is 1. The third-order valence-corrected chi connectivity index (χ3v) is 5.24. The van der Waals surface area contributed by atoms with Crippen molar-refractivity contribution in [3.8, 4) is 0 Å². The summed E-state index contributed by atoms with van der Waals surface area (Å²) >= 11 is 6.02. The summed E-state index contributed by atoms with van der Waals surface area (Å²) < 4.78 is 1.45. The van der Waals surface area contributed by atoms with Crippen LogP contribution in [0.2, 0.25) is 5.02 Å². The minimum Gasteiger partial charge on any atom is -0.361 e.